The van der Waals surface area contributed by atoms with Gasteiger partial charge in [-0.1, -0.05) is 6.07 Å². The topological polar surface area (TPSA) is 74.0 Å². The fourth-order valence-electron chi connectivity index (χ4n) is 4.28. The van der Waals surface area contributed by atoms with Crippen molar-refractivity contribution in [2.75, 3.05) is 25.1 Å². The number of rotatable bonds is 5. The van der Waals surface area contributed by atoms with Crippen molar-refractivity contribution >= 4 is 11.5 Å². The lowest BCUT2D eigenvalue weighted by Crippen LogP contribution is -2.39. The quantitative estimate of drug-likeness (QED) is 0.641. The number of hydrogen-bond acceptors (Lipinski definition) is 7. The summed E-state index contributed by atoms with van der Waals surface area (Å²) in [4.78, 5) is 2.34. The molecule has 2 aliphatic rings. The normalized spacial score (nSPS) is 17.0. The number of fused-ring (bicyclic) bond motifs is 2. The van der Waals surface area contributed by atoms with E-state index in [1.807, 2.05) is 4.52 Å². The summed E-state index contributed by atoms with van der Waals surface area (Å²) in [7, 11) is 1.65. The first-order valence-electron chi connectivity index (χ1n) is 10.5. The van der Waals surface area contributed by atoms with E-state index in [-0.39, 0.29) is 6.10 Å². The van der Waals surface area contributed by atoms with E-state index >= 15 is 0 Å². The largest absolute Gasteiger partial charge is 0.490 e. The number of benzene rings is 1. The zero-order valence-electron chi connectivity index (χ0n) is 17.7. The standard InChI is InChI=1S/C22H27N5O3/c1-14-15(2)22(25-27-20(13-28-3)23-24-21(14)27)26-8-6-18(7-9-26)30-19-5-4-16-11-29-12-17(16)10-19/h4-5,10,18H,6-9,11-13H2,1-3H3. The lowest BCUT2D eigenvalue weighted by Gasteiger charge is -2.34. The van der Waals surface area contributed by atoms with E-state index in [1.165, 1.54) is 11.1 Å². The van der Waals surface area contributed by atoms with E-state index in [1.54, 1.807) is 7.11 Å². The van der Waals surface area contributed by atoms with Gasteiger partial charge < -0.3 is 19.1 Å². The molecule has 2 aliphatic heterocycles. The van der Waals surface area contributed by atoms with Crippen LogP contribution < -0.4 is 9.64 Å². The average molecular weight is 409 g/mol. The minimum absolute atomic E-state index is 0.214. The Morgan fingerprint density at radius 3 is 2.67 bits per heavy atom. The van der Waals surface area contributed by atoms with E-state index in [2.05, 4.69) is 47.1 Å². The molecule has 0 unspecified atom stereocenters. The fraction of sp³-hybridized carbons (Fsp3) is 0.500. The molecule has 1 aromatic carbocycles. The van der Waals surface area contributed by atoms with Crippen LogP contribution in [-0.4, -0.2) is 46.1 Å². The number of piperidine rings is 1. The minimum Gasteiger partial charge on any atom is -0.490 e. The highest BCUT2D eigenvalue weighted by Gasteiger charge is 2.25. The van der Waals surface area contributed by atoms with Crippen molar-refractivity contribution in [1.82, 2.24) is 19.8 Å². The SMILES string of the molecule is COCc1nnc2c(C)c(C)c(N3CCC(Oc4ccc5c(c4)COC5)CC3)nn12. The lowest BCUT2D eigenvalue weighted by atomic mass is 10.1. The highest BCUT2D eigenvalue weighted by atomic mass is 16.5. The number of aromatic nitrogens is 4. The van der Waals surface area contributed by atoms with Crippen molar-refractivity contribution in [2.24, 2.45) is 0 Å². The summed E-state index contributed by atoms with van der Waals surface area (Å²) in [6.07, 6.45) is 2.13. The summed E-state index contributed by atoms with van der Waals surface area (Å²) in [5, 5.41) is 13.4. The molecule has 2 aromatic heterocycles. The number of hydrogen-bond donors (Lipinski definition) is 0. The van der Waals surface area contributed by atoms with Crippen LogP contribution in [-0.2, 0) is 29.3 Å². The molecular weight excluding hydrogens is 382 g/mol. The number of aryl methyl sites for hydroxylation is 1. The van der Waals surface area contributed by atoms with Crippen molar-refractivity contribution in [3.8, 4) is 5.75 Å². The van der Waals surface area contributed by atoms with Crippen molar-refractivity contribution in [2.45, 2.75) is 52.6 Å². The van der Waals surface area contributed by atoms with Crippen LogP contribution in [0.3, 0.4) is 0 Å². The summed E-state index contributed by atoms with van der Waals surface area (Å²) < 4.78 is 18.9. The van der Waals surface area contributed by atoms with Crippen molar-refractivity contribution in [3.63, 3.8) is 0 Å². The van der Waals surface area contributed by atoms with Gasteiger partial charge in [-0.25, -0.2) is 0 Å². The van der Waals surface area contributed by atoms with Gasteiger partial charge in [-0.15, -0.1) is 15.3 Å². The van der Waals surface area contributed by atoms with Gasteiger partial charge in [0.1, 0.15) is 18.5 Å². The Balaban J connectivity index is 1.31. The van der Waals surface area contributed by atoms with Crippen LogP contribution in [0.25, 0.3) is 5.65 Å². The second kappa shape index (κ2) is 7.85. The van der Waals surface area contributed by atoms with Gasteiger partial charge in [0, 0.05) is 44.2 Å². The van der Waals surface area contributed by atoms with Gasteiger partial charge in [-0.2, -0.15) is 4.52 Å². The molecule has 4 heterocycles. The van der Waals surface area contributed by atoms with Gasteiger partial charge in [-0.3, -0.25) is 0 Å². The Labute approximate surface area is 175 Å². The van der Waals surface area contributed by atoms with Gasteiger partial charge in [0.15, 0.2) is 17.3 Å². The molecule has 30 heavy (non-hydrogen) atoms. The van der Waals surface area contributed by atoms with Crippen LogP contribution in [0.2, 0.25) is 0 Å². The third kappa shape index (κ3) is 3.40. The first-order valence-corrected chi connectivity index (χ1v) is 10.5. The number of ether oxygens (including phenoxy) is 3. The molecule has 0 aliphatic carbocycles. The third-order valence-corrected chi connectivity index (χ3v) is 6.14. The van der Waals surface area contributed by atoms with E-state index in [0.717, 1.165) is 60.1 Å². The Morgan fingerprint density at radius 2 is 1.87 bits per heavy atom. The third-order valence-electron chi connectivity index (χ3n) is 6.14. The minimum atomic E-state index is 0.214. The van der Waals surface area contributed by atoms with E-state index < -0.39 is 0 Å². The molecule has 8 nitrogen and oxygen atoms in total. The predicted molar refractivity (Wildman–Crippen MR) is 112 cm³/mol. The van der Waals surface area contributed by atoms with Crippen LogP contribution in [0.15, 0.2) is 18.2 Å². The molecule has 0 atom stereocenters. The molecule has 0 bridgehead atoms. The van der Waals surface area contributed by atoms with Crippen molar-refractivity contribution < 1.29 is 14.2 Å². The van der Waals surface area contributed by atoms with Crippen LogP contribution in [0.1, 0.15) is 40.9 Å². The highest BCUT2D eigenvalue weighted by molar-refractivity contribution is 5.59. The second-order valence-corrected chi connectivity index (χ2v) is 8.09. The van der Waals surface area contributed by atoms with E-state index in [4.69, 9.17) is 19.3 Å². The zero-order valence-corrected chi connectivity index (χ0v) is 17.7. The maximum atomic E-state index is 6.28. The van der Waals surface area contributed by atoms with Crippen LogP contribution in [0.4, 0.5) is 5.82 Å². The summed E-state index contributed by atoms with van der Waals surface area (Å²) >= 11 is 0. The van der Waals surface area contributed by atoms with E-state index in [9.17, 15) is 0 Å². The molecule has 0 amide bonds. The highest BCUT2D eigenvalue weighted by Crippen LogP contribution is 2.29. The van der Waals surface area contributed by atoms with E-state index in [0.29, 0.717) is 19.8 Å². The van der Waals surface area contributed by atoms with Gasteiger partial charge >= 0.3 is 0 Å². The number of nitrogens with zero attached hydrogens (tertiary/aromatic N) is 5. The number of anilines is 1. The molecule has 0 saturated carbocycles. The molecule has 0 N–H and O–H groups in total. The Bertz CT molecular complexity index is 1070. The first kappa shape index (κ1) is 19.3. The monoisotopic (exact) mass is 409 g/mol. The molecule has 5 rings (SSSR count). The maximum absolute atomic E-state index is 6.28. The molecule has 158 valence electrons. The predicted octanol–water partition coefficient (Wildman–Crippen LogP) is 2.97. The average Bonchev–Trinajstić information content (AvgIpc) is 3.38. The van der Waals surface area contributed by atoms with Crippen LogP contribution in [0.5, 0.6) is 5.75 Å². The van der Waals surface area contributed by atoms with Crippen LogP contribution >= 0.6 is 0 Å². The Morgan fingerprint density at radius 1 is 1.07 bits per heavy atom. The van der Waals surface area contributed by atoms with Gasteiger partial charge in [0.25, 0.3) is 0 Å². The molecule has 3 aromatic rings. The summed E-state index contributed by atoms with van der Waals surface area (Å²) in [5.74, 6) is 2.65. The second-order valence-electron chi connectivity index (χ2n) is 8.09. The maximum Gasteiger partial charge on any atom is 0.181 e. The fourth-order valence-corrected chi connectivity index (χ4v) is 4.28. The van der Waals surface area contributed by atoms with Gasteiger partial charge in [-0.05, 0) is 37.1 Å². The summed E-state index contributed by atoms with van der Waals surface area (Å²) in [5.41, 5.74) is 5.56. The zero-order chi connectivity index (χ0) is 20.7. The lowest BCUT2D eigenvalue weighted by molar-refractivity contribution is 0.134. The van der Waals surface area contributed by atoms with Crippen molar-refractivity contribution in [1.29, 1.82) is 0 Å². The molecule has 8 heteroatoms. The van der Waals surface area contributed by atoms with Crippen LogP contribution in [0, 0.1) is 13.8 Å². The summed E-state index contributed by atoms with van der Waals surface area (Å²) in [6, 6.07) is 6.31. The summed E-state index contributed by atoms with van der Waals surface area (Å²) in [6.45, 7) is 7.77. The molecule has 0 spiro atoms. The Hall–Kier alpha value is -2.71. The van der Waals surface area contributed by atoms with Crippen molar-refractivity contribution in [3.05, 3.63) is 46.3 Å². The smallest absolute Gasteiger partial charge is 0.181 e. The van der Waals surface area contributed by atoms with Gasteiger partial charge in [0.05, 0.1) is 13.2 Å². The Kier molecular flexibility index (Phi) is 5.04. The molecule has 0 radical (unpaired) electrons. The molecular formula is C22H27N5O3. The number of methoxy groups -OCH3 is 1. The molecule has 1 fully saturated rings. The van der Waals surface area contributed by atoms with Gasteiger partial charge in [0.2, 0.25) is 0 Å². The molecule has 1 saturated heterocycles. The first-order chi connectivity index (χ1) is 14.6.